The number of unbranched alkanes of at least 4 members (excludes halogenated alkanes) is 1. The molecule has 150 valence electrons. The lowest BCUT2D eigenvalue weighted by Crippen LogP contribution is -2.48. The normalized spacial score (nSPS) is 12.0. The molecule has 0 aliphatic carbocycles. The van der Waals surface area contributed by atoms with E-state index in [1.165, 1.54) is 6.92 Å². The highest BCUT2D eigenvalue weighted by Gasteiger charge is 2.22. The average Bonchev–Trinajstić information content (AvgIpc) is 2.55. The number of nitrogens with one attached hydrogen (secondary N) is 4. The Morgan fingerprint density at radius 2 is 1.50 bits per heavy atom. The Kier molecular flexibility index (Phi) is 12.3. The second kappa shape index (κ2) is 13.3. The summed E-state index contributed by atoms with van der Waals surface area (Å²) in [4.78, 5) is 46.8. The fraction of sp³-hybridized carbons (Fsp3) is 0.778. The van der Waals surface area contributed by atoms with E-state index in [1.54, 1.807) is 13.8 Å². The van der Waals surface area contributed by atoms with Gasteiger partial charge in [0.2, 0.25) is 17.7 Å². The number of rotatable bonds is 13. The SMILES string of the molecule is CC(=O)NCCCC[C@H](NC(=O)CNC(=O)CNC(C)C)C(=O)C(C)C. The summed E-state index contributed by atoms with van der Waals surface area (Å²) in [6, 6.07) is -0.398. The van der Waals surface area contributed by atoms with Crippen molar-refractivity contribution in [1.82, 2.24) is 21.3 Å². The molecule has 0 saturated carbocycles. The molecular weight excluding hydrogens is 336 g/mol. The number of hydrogen-bond acceptors (Lipinski definition) is 5. The van der Waals surface area contributed by atoms with Crippen molar-refractivity contribution in [2.24, 2.45) is 5.92 Å². The first-order chi connectivity index (χ1) is 12.1. The molecule has 0 fully saturated rings. The van der Waals surface area contributed by atoms with Crippen LogP contribution in [0.4, 0.5) is 0 Å². The standard InChI is InChI=1S/C18H34N4O4/c1-12(2)18(26)15(8-6-7-9-19-14(5)23)22-17(25)11-21-16(24)10-20-13(3)4/h12-13,15,20H,6-11H2,1-5H3,(H,19,23)(H,21,24)(H,22,25)/t15-/m0/s1. The van der Waals surface area contributed by atoms with Crippen molar-refractivity contribution in [3.05, 3.63) is 0 Å². The van der Waals surface area contributed by atoms with Crippen LogP contribution < -0.4 is 21.3 Å². The third-order valence-electron chi connectivity index (χ3n) is 3.66. The first kappa shape index (κ1) is 24.0. The van der Waals surface area contributed by atoms with Gasteiger partial charge in [-0.15, -0.1) is 0 Å². The molecule has 0 radical (unpaired) electrons. The van der Waals surface area contributed by atoms with E-state index in [1.807, 2.05) is 13.8 Å². The smallest absolute Gasteiger partial charge is 0.239 e. The predicted octanol–water partition coefficient (Wildman–Crippen LogP) is 0.117. The molecule has 8 heteroatoms. The van der Waals surface area contributed by atoms with E-state index in [-0.39, 0.29) is 48.6 Å². The minimum absolute atomic E-state index is 0.0364. The van der Waals surface area contributed by atoms with E-state index in [2.05, 4.69) is 21.3 Å². The largest absolute Gasteiger partial charge is 0.356 e. The van der Waals surface area contributed by atoms with Crippen molar-refractivity contribution < 1.29 is 19.2 Å². The first-order valence-corrected chi connectivity index (χ1v) is 9.21. The molecule has 0 aromatic carbocycles. The highest BCUT2D eigenvalue weighted by molar-refractivity contribution is 5.92. The Balaban J connectivity index is 4.35. The van der Waals surface area contributed by atoms with E-state index < -0.39 is 6.04 Å². The zero-order valence-electron chi connectivity index (χ0n) is 16.6. The minimum Gasteiger partial charge on any atom is -0.356 e. The van der Waals surface area contributed by atoms with Crippen molar-refractivity contribution in [3.8, 4) is 0 Å². The molecule has 4 N–H and O–H groups in total. The molecule has 0 heterocycles. The zero-order valence-corrected chi connectivity index (χ0v) is 16.6. The summed E-state index contributed by atoms with van der Waals surface area (Å²) in [5.41, 5.74) is 0. The average molecular weight is 370 g/mol. The molecule has 0 aliphatic heterocycles. The maximum absolute atomic E-state index is 12.3. The van der Waals surface area contributed by atoms with Crippen molar-refractivity contribution >= 4 is 23.5 Å². The van der Waals surface area contributed by atoms with Crippen LogP contribution in [0.2, 0.25) is 0 Å². The lowest BCUT2D eigenvalue weighted by Gasteiger charge is -2.20. The summed E-state index contributed by atoms with van der Waals surface area (Å²) in [5, 5.41) is 10.9. The van der Waals surface area contributed by atoms with Crippen LogP contribution in [0.15, 0.2) is 0 Å². The van der Waals surface area contributed by atoms with Gasteiger partial charge in [0.25, 0.3) is 0 Å². The lowest BCUT2D eigenvalue weighted by molar-refractivity contribution is -0.130. The number of amides is 3. The van der Waals surface area contributed by atoms with E-state index in [0.717, 1.165) is 6.42 Å². The monoisotopic (exact) mass is 370 g/mol. The second-order valence-corrected chi connectivity index (χ2v) is 6.97. The summed E-state index contributed by atoms with van der Waals surface area (Å²) in [5.74, 6) is -0.971. The molecule has 8 nitrogen and oxygen atoms in total. The number of carbonyl (C=O) groups excluding carboxylic acids is 4. The van der Waals surface area contributed by atoms with Gasteiger partial charge in [-0.1, -0.05) is 27.7 Å². The Hall–Kier alpha value is -1.96. The Bertz CT molecular complexity index is 478. The van der Waals surface area contributed by atoms with Crippen LogP contribution in [0.3, 0.4) is 0 Å². The molecule has 26 heavy (non-hydrogen) atoms. The van der Waals surface area contributed by atoms with Crippen LogP contribution in [0.1, 0.15) is 53.9 Å². The summed E-state index contributed by atoms with van der Waals surface area (Å²) >= 11 is 0. The molecule has 3 amide bonds. The number of ketones is 1. The Labute approximate surface area is 156 Å². The Morgan fingerprint density at radius 3 is 2.04 bits per heavy atom. The fourth-order valence-corrected chi connectivity index (χ4v) is 2.21. The van der Waals surface area contributed by atoms with Gasteiger partial charge in [-0.3, -0.25) is 19.2 Å². The van der Waals surface area contributed by atoms with Crippen LogP contribution in [-0.4, -0.2) is 55.2 Å². The second-order valence-electron chi connectivity index (χ2n) is 6.97. The third-order valence-corrected chi connectivity index (χ3v) is 3.66. The highest BCUT2D eigenvalue weighted by atomic mass is 16.2. The number of carbonyl (C=O) groups is 4. The molecule has 0 rings (SSSR count). The molecule has 1 atom stereocenters. The molecule has 0 spiro atoms. The van der Waals surface area contributed by atoms with Gasteiger partial charge in [-0.25, -0.2) is 0 Å². The van der Waals surface area contributed by atoms with Gasteiger partial charge in [0.15, 0.2) is 5.78 Å². The van der Waals surface area contributed by atoms with E-state index in [4.69, 9.17) is 0 Å². The Morgan fingerprint density at radius 1 is 0.846 bits per heavy atom. The minimum atomic E-state index is -0.578. The van der Waals surface area contributed by atoms with Crippen LogP contribution in [0, 0.1) is 5.92 Å². The van der Waals surface area contributed by atoms with Crippen molar-refractivity contribution in [2.45, 2.75) is 66.0 Å². The number of hydrogen-bond donors (Lipinski definition) is 4. The molecule has 0 aliphatic rings. The van der Waals surface area contributed by atoms with Gasteiger partial charge >= 0.3 is 0 Å². The van der Waals surface area contributed by atoms with Gasteiger partial charge in [0.05, 0.1) is 19.1 Å². The van der Waals surface area contributed by atoms with E-state index in [0.29, 0.717) is 19.4 Å². The van der Waals surface area contributed by atoms with Crippen LogP contribution >= 0.6 is 0 Å². The van der Waals surface area contributed by atoms with Crippen LogP contribution in [-0.2, 0) is 19.2 Å². The van der Waals surface area contributed by atoms with Gasteiger partial charge < -0.3 is 21.3 Å². The van der Waals surface area contributed by atoms with Gasteiger partial charge in [0.1, 0.15) is 0 Å². The molecule has 0 aromatic rings. The van der Waals surface area contributed by atoms with Gasteiger partial charge in [-0.05, 0) is 19.3 Å². The fourth-order valence-electron chi connectivity index (χ4n) is 2.21. The quantitative estimate of drug-likeness (QED) is 0.344. The van der Waals surface area contributed by atoms with Crippen molar-refractivity contribution in [3.63, 3.8) is 0 Å². The maximum Gasteiger partial charge on any atom is 0.239 e. The zero-order chi connectivity index (χ0) is 20.1. The summed E-state index contributed by atoms with van der Waals surface area (Å²) in [7, 11) is 0. The van der Waals surface area contributed by atoms with Gasteiger partial charge in [0, 0.05) is 25.4 Å². The van der Waals surface area contributed by atoms with Crippen LogP contribution in [0.25, 0.3) is 0 Å². The lowest BCUT2D eigenvalue weighted by atomic mass is 9.97. The molecule has 0 unspecified atom stereocenters. The van der Waals surface area contributed by atoms with Gasteiger partial charge in [-0.2, -0.15) is 0 Å². The molecular formula is C18H34N4O4. The maximum atomic E-state index is 12.3. The van der Waals surface area contributed by atoms with E-state index >= 15 is 0 Å². The predicted molar refractivity (Wildman–Crippen MR) is 100 cm³/mol. The summed E-state index contributed by atoms with van der Waals surface area (Å²) in [6.07, 6.45) is 1.94. The summed E-state index contributed by atoms with van der Waals surface area (Å²) < 4.78 is 0. The van der Waals surface area contributed by atoms with Crippen molar-refractivity contribution in [2.75, 3.05) is 19.6 Å². The topological polar surface area (TPSA) is 116 Å². The molecule has 0 saturated heterocycles. The first-order valence-electron chi connectivity index (χ1n) is 9.21. The summed E-state index contributed by atoms with van der Waals surface area (Å²) in [6.45, 7) is 9.41. The molecule has 0 aromatic heterocycles. The third kappa shape index (κ3) is 12.4. The van der Waals surface area contributed by atoms with Crippen molar-refractivity contribution in [1.29, 1.82) is 0 Å². The number of Topliss-reactive ketones (excluding diaryl/α,β-unsaturated/α-hetero) is 1. The highest BCUT2D eigenvalue weighted by Crippen LogP contribution is 2.07. The van der Waals surface area contributed by atoms with Crippen LogP contribution in [0.5, 0.6) is 0 Å². The van der Waals surface area contributed by atoms with E-state index in [9.17, 15) is 19.2 Å². The molecule has 0 bridgehead atoms.